The second-order valence-electron chi connectivity index (χ2n) is 5.97. The van der Waals surface area contributed by atoms with E-state index in [0.717, 1.165) is 11.3 Å². The summed E-state index contributed by atoms with van der Waals surface area (Å²) in [6.45, 7) is 5.72. The minimum absolute atomic E-state index is 0.0405. The van der Waals surface area contributed by atoms with Gasteiger partial charge in [0.25, 0.3) is 0 Å². The molecule has 0 spiro atoms. The lowest BCUT2D eigenvalue weighted by atomic mass is 10.0. The quantitative estimate of drug-likeness (QED) is 0.518. The van der Waals surface area contributed by atoms with Crippen molar-refractivity contribution in [3.05, 3.63) is 82.7 Å². The van der Waals surface area contributed by atoms with Gasteiger partial charge in [0.15, 0.2) is 11.5 Å². The van der Waals surface area contributed by atoms with Crippen LogP contribution in [0.2, 0.25) is 0 Å². The maximum absolute atomic E-state index is 13.0. The SMILES string of the molecule is CCOC(=O)c1nn(-c2ccc(C)cc2)c(C)c1C(=O)c1ccccc1. The van der Waals surface area contributed by atoms with E-state index >= 15 is 0 Å². The van der Waals surface area contributed by atoms with Gasteiger partial charge < -0.3 is 4.74 Å². The highest BCUT2D eigenvalue weighted by atomic mass is 16.5. The molecule has 3 rings (SSSR count). The van der Waals surface area contributed by atoms with Crippen LogP contribution in [0.25, 0.3) is 5.69 Å². The van der Waals surface area contributed by atoms with Crippen LogP contribution in [0.1, 0.15) is 44.6 Å². The summed E-state index contributed by atoms with van der Waals surface area (Å²) in [7, 11) is 0. The lowest BCUT2D eigenvalue weighted by molar-refractivity contribution is 0.0516. The van der Waals surface area contributed by atoms with E-state index in [1.54, 1.807) is 42.8 Å². The largest absolute Gasteiger partial charge is 0.461 e. The van der Waals surface area contributed by atoms with Gasteiger partial charge in [0.1, 0.15) is 0 Å². The fourth-order valence-electron chi connectivity index (χ4n) is 2.79. The number of ether oxygens (including phenoxy) is 1. The Balaban J connectivity index is 2.16. The zero-order valence-electron chi connectivity index (χ0n) is 15.0. The molecule has 0 unspecified atom stereocenters. The first-order chi connectivity index (χ1) is 12.5. The monoisotopic (exact) mass is 348 g/mol. The van der Waals surface area contributed by atoms with Crippen molar-refractivity contribution < 1.29 is 14.3 Å². The average molecular weight is 348 g/mol. The Morgan fingerprint density at radius 2 is 1.65 bits per heavy atom. The van der Waals surface area contributed by atoms with Crippen molar-refractivity contribution >= 4 is 11.8 Å². The van der Waals surface area contributed by atoms with Gasteiger partial charge in [-0.05, 0) is 32.9 Å². The molecule has 0 aliphatic rings. The number of nitrogens with zero attached hydrogens (tertiary/aromatic N) is 2. The average Bonchev–Trinajstić information content (AvgIpc) is 3.00. The maximum Gasteiger partial charge on any atom is 0.359 e. The molecular weight excluding hydrogens is 328 g/mol. The van der Waals surface area contributed by atoms with E-state index in [-0.39, 0.29) is 23.6 Å². The van der Waals surface area contributed by atoms with Gasteiger partial charge in [0.05, 0.1) is 23.6 Å². The molecular formula is C21H20N2O3. The van der Waals surface area contributed by atoms with Gasteiger partial charge in [-0.25, -0.2) is 9.48 Å². The van der Waals surface area contributed by atoms with Crippen LogP contribution in [0, 0.1) is 13.8 Å². The van der Waals surface area contributed by atoms with Gasteiger partial charge in [0, 0.05) is 5.56 Å². The van der Waals surface area contributed by atoms with Crippen molar-refractivity contribution in [3.8, 4) is 5.69 Å². The first-order valence-electron chi connectivity index (χ1n) is 8.46. The molecule has 0 aliphatic carbocycles. The van der Waals surface area contributed by atoms with E-state index in [2.05, 4.69) is 5.10 Å². The third-order valence-corrected chi connectivity index (χ3v) is 4.13. The van der Waals surface area contributed by atoms with Crippen LogP contribution >= 0.6 is 0 Å². The molecule has 0 fully saturated rings. The second kappa shape index (κ2) is 7.35. The number of esters is 1. The second-order valence-corrected chi connectivity index (χ2v) is 5.97. The summed E-state index contributed by atoms with van der Waals surface area (Å²) in [6, 6.07) is 16.6. The maximum atomic E-state index is 13.0. The van der Waals surface area contributed by atoms with E-state index in [4.69, 9.17) is 4.74 Å². The van der Waals surface area contributed by atoms with Crippen LogP contribution in [0.4, 0.5) is 0 Å². The Morgan fingerprint density at radius 1 is 1.00 bits per heavy atom. The zero-order chi connectivity index (χ0) is 18.7. The van der Waals surface area contributed by atoms with Gasteiger partial charge in [-0.2, -0.15) is 5.10 Å². The smallest absolute Gasteiger partial charge is 0.359 e. The molecule has 1 heterocycles. The van der Waals surface area contributed by atoms with Crippen molar-refractivity contribution in [2.45, 2.75) is 20.8 Å². The number of aryl methyl sites for hydroxylation is 1. The van der Waals surface area contributed by atoms with Crippen LogP contribution in [0.15, 0.2) is 54.6 Å². The zero-order valence-corrected chi connectivity index (χ0v) is 15.0. The normalized spacial score (nSPS) is 10.6. The molecule has 132 valence electrons. The fraction of sp³-hybridized carbons (Fsp3) is 0.190. The summed E-state index contributed by atoms with van der Waals surface area (Å²) in [5.41, 5.74) is 3.32. The molecule has 0 saturated heterocycles. The number of hydrogen-bond acceptors (Lipinski definition) is 4. The van der Waals surface area contributed by atoms with Crippen molar-refractivity contribution in [2.75, 3.05) is 6.61 Å². The Bertz CT molecular complexity index is 941. The van der Waals surface area contributed by atoms with Gasteiger partial charge in [-0.1, -0.05) is 48.0 Å². The molecule has 0 radical (unpaired) electrons. The molecule has 3 aromatic rings. The molecule has 1 aromatic heterocycles. The van der Waals surface area contributed by atoms with Crippen molar-refractivity contribution in [3.63, 3.8) is 0 Å². The molecule has 2 aromatic carbocycles. The lowest BCUT2D eigenvalue weighted by Gasteiger charge is -2.06. The number of benzene rings is 2. The third kappa shape index (κ3) is 3.28. The Hall–Kier alpha value is -3.21. The van der Waals surface area contributed by atoms with Crippen LogP contribution in [-0.2, 0) is 4.74 Å². The summed E-state index contributed by atoms with van der Waals surface area (Å²) >= 11 is 0. The third-order valence-electron chi connectivity index (χ3n) is 4.13. The molecule has 5 nitrogen and oxygen atoms in total. The van der Waals surface area contributed by atoms with Crippen molar-refractivity contribution in [1.29, 1.82) is 0 Å². The van der Waals surface area contributed by atoms with E-state index in [1.165, 1.54) is 0 Å². The molecule has 0 amide bonds. The first-order valence-corrected chi connectivity index (χ1v) is 8.46. The standard InChI is InChI=1S/C21H20N2O3/c1-4-26-21(25)19-18(20(24)16-8-6-5-7-9-16)15(3)23(22-19)17-12-10-14(2)11-13-17/h5-13H,4H2,1-3H3. The Labute approximate surface area is 152 Å². The molecule has 0 aliphatic heterocycles. The highest BCUT2D eigenvalue weighted by Gasteiger charge is 2.28. The predicted octanol–water partition coefficient (Wildman–Crippen LogP) is 3.90. The Morgan fingerprint density at radius 3 is 2.27 bits per heavy atom. The van der Waals surface area contributed by atoms with Gasteiger partial charge in [0.2, 0.25) is 0 Å². The van der Waals surface area contributed by atoms with Gasteiger partial charge >= 0.3 is 5.97 Å². The summed E-state index contributed by atoms with van der Waals surface area (Å²) in [5.74, 6) is -0.842. The van der Waals surface area contributed by atoms with Crippen LogP contribution in [0.3, 0.4) is 0 Å². The minimum Gasteiger partial charge on any atom is -0.461 e. The van der Waals surface area contributed by atoms with Crippen LogP contribution in [-0.4, -0.2) is 28.1 Å². The molecule has 0 bridgehead atoms. The summed E-state index contributed by atoms with van der Waals surface area (Å²) < 4.78 is 6.72. The number of hydrogen-bond donors (Lipinski definition) is 0. The van der Waals surface area contributed by atoms with E-state index in [1.807, 2.05) is 37.3 Å². The summed E-state index contributed by atoms with van der Waals surface area (Å²) in [6.07, 6.45) is 0. The van der Waals surface area contributed by atoms with E-state index in [9.17, 15) is 9.59 Å². The fourth-order valence-corrected chi connectivity index (χ4v) is 2.79. The molecule has 0 N–H and O–H groups in total. The lowest BCUT2D eigenvalue weighted by Crippen LogP contribution is -2.12. The number of ketones is 1. The number of carbonyl (C=O) groups is 2. The van der Waals surface area contributed by atoms with E-state index < -0.39 is 5.97 Å². The number of carbonyl (C=O) groups excluding carboxylic acids is 2. The minimum atomic E-state index is -0.597. The molecule has 0 saturated carbocycles. The van der Waals surface area contributed by atoms with Crippen molar-refractivity contribution in [2.24, 2.45) is 0 Å². The van der Waals surface area contributed by atoms with Crippen LogP contribution in [0.5, 0.6) is 0 Å². The highest BCUT2D eigenvalue weighted by molar-refractivity contribution is 6.14. The molecule has 0 atom stereocenters. The summed E-state index contributed by atoms with van der Waals surface area (Å²) in [5, 5.41) is 4.40. The first kappa shape index (κ1) is 17.6. The van der Waals surface area contributed by atoms with Gasteiger partial charge in [-0.3, -0.25) is 4.79 Å². The van der Waals surface area contributed by atoms with E-state index in [0.29, 0.717) is 11.3 Å². The number of rotatable bonds is 5. The number of aromatic nitrogens is 2. The van der Waals surface area contributed by atoms with Crippen molar-refractivity contribution in [1.82, 2.24) is 9.78 Å². The topological polar surface area (TPSA) is 61.2 Å². The summed E-state index contributed by atoms with van der Waals surface area (Å²) in [4.78, 5) is 25.4. The van der Waals surface area contributed by atoms with Gasteiger partial charge in [-0.15, -0.1) is 0 Å². The molecule has 26 heavy (non-hydrogen) atoms. The Kier molecular flexibility index (Phi) is 4.98. The molecule has 5 heteroatoms. The van der Waals surface area contributed by atoms with Crippen LogP contribution < -0.4 is 0 Å². The predicted molar refractivity (Wildman–Crippen MR) is 98.9 cm³/mol. The highest BCUT2D eigenvalue weighted by Crippen LogP contribution is 2.23.